The van der Waals surface area contributed by atoms with Crippen molar-refractivity contribution in [2.75, 3.05) is 33.3 Å². The van der Waals surface area contributed by atoms with Gasteiger partial charge in [-0.25, -0.2) is 0 Å². The first-order valence-corrected chi connectivity index (χ1v) is 29.6. The van der Waals surface area contributed by atoms with Crippen LogP contribution in [0.2, 0.25) is 0 Å². The summed E-state index contributed by atoms with van der Waals surface area (Å²) in [6.07, 6.45) is 12.3. The minimum absolute atomic E-state index is 0.254. The molecule has 0 N–H and O–H groups in total. The summed E-state index contributed by atoms with van der Waals surface area (Å²) in [7, 11) is 5.12. The molecule has 2 aliphatic heterocycles. The van der Waals surface area contributed by atoms with E-state index in [1.165, 1.54) is 65.1 Å². The monoisotopic (exact) mass is 1080 g/mol. The normalized spacial score (nSPS) is 18.3. The zero-order chi connectivity index (χ0) is 54.5. The highest BCUT2D eigenvalue weighted by Crippen LogP contribution is 2.61. The molecule has 0 amide bonds. The topological polar surface area (TPSA) is 46.2 Å². The molecule has 394 valence electrons. The third-order valence-corrected chi connectivity index (χ3v) is 19.5. The Bertz CT molecular complexity index is 4130. The minimum Gasteiger partial charge on any atom is -0.497 e. The van der Waals surface area contributed by atoms with Gasteiger partial charge in [-0.1, -0.05) is 160 Å². The Labute approximate surface area is 477 Å². The molecule has 0 radical (unpaired) electrons. The fourth-order valence-corrected chi connectivity index (χ4v) is 15.3. The predicted molar refractivity (Wildman–Crippen MR) is 331 cm³/mol. The summed E-state index contributed by atoms with van der Waals surface area (Å²) < 4.78 is 32.5. The molecule has 0 fully saturated rings. The minimum atomic E-state index is -0.943. The maximum Gasteiger partial charge on any atom is 0.178 e. The maximum absolute atomic E-state index is 7.77. The van der Waals surface area contributed by atoms with Crippen LogP contribution in [0.1, 0.15) is 82.8 Å². The predicted octanol–water partition coefficient (Wildman–Crippen LogP) is 18.2. The largest absolute Gasteiger partial charge is 0.497 e. The summed E-state index contributed by atoms with van der Waals surface area (Å²) in [5.74, 6) is 5.05. The van der Waals surface area contributed by atoms with Gasteiger partial charge in [0.25, 0.3) is 0 Å². The second-order valence-corrected chi connectivity index (χ2v) is 24.2. The summed E-state index contributed by atoms with van der Waals surface area (Å²) in [6, 6.07) is 67.6. The zero-order valence-electron chi connectivity index (χ0n) is 46.0. The number of methoxy groups -OCH3 is 3. The average Bonchev–Trinajstić information content (AvgIpc) is 4.14. The summed E-state index contributed by atoms with van der Waals surface area (Å²) >= 11 is 3.68. The third kappa shape index (κ3) is 7.46. The molecule has 0 saturated heterocycles. The van der Waals surface area contributed by atoms with E-state index in [-0.39, 0.29) is 10.8 Å². The van der Waals surface area contributed by atoms with Crippen LogP contribution >= 0.6 is 23.5 Å². The van der Waals surface area contributed by atoms with E-state index < -0.39 is 11.2 Å². The highest BCUT2D eigenvalue weighted by molar-refractivity contribution is 7.99. The van der Waals surface area contributed by atoms with Gasteiger partial charge in [0.15, 0.2) is 11.2 Å². The van der Waals surface area contributed by atoms with Crippen LogP contribution in [-0.4, -0.2) is 33.3 Å². The standard InChI is InChI=1S/C73H60O5S2/c1-70(2)62-19-13-11-17-56(62)64-54-36-34-53(44-61(54)68-58(66(64)70)37-39-72(77-68,45-15-9-8-10-16-45)46-21-27-49(74-4)28-22-46)80-42-41-71(3)63-20-14-12-18-57(63)65-55-35-33-52(79-7)43-60(55)69-59(67(65)71)38-40-73(78-69,47-23-29-50(75-5)30-24-47)48-25-31-51(76-6)32-26-48/h8-40,43-44H,41-42H2,1-7H3. The van der Waals surface area contributed by atoms with E-state index >= 15 is 0 Å². The molecule has 4 aliphatic rings. The van der Waals surface area contributed by atoms with Crippen molar-refractivity contribution in [3.05, 3.63) is 256 Å². The molecule has 10 aromatic rings. The van der Waals surface area contributed by atoms with E-state index in [1.54, 1.807) is 33.1 Å². The van der Waals surface area contributed by atoms with Crippen molar-refractivity contribution in [2.45, 2.75) is 59.0 Å². The van der Waals surface area contributed by atoms with Crippen LogP contribution in [0.5, 0.6) is 28.7 Å². The van der Waals surface area contributed by atoms with Crippen LogP contribution in [0.3, 0.4) is 0 Å². The van der Waals surface area contributed by atoms with Gasteiger partial charge >= 0.3 is 0 Å². The van der Waals surface area contributed by atoms with Gasteiger partial charge in [0.2, 0.25) is 0 Å². The van der Waals surface area contributed by atoms with Crippen LogP contribution in [0, 0.1) is 0 Å². The molecule has 2 unspecified atom stereocenters. The molecular weight excluding hydrogens is 1020 g/mol. The SMILES string of the molecule is COc1ccc(C2(c3ccccc3)C=Cc3c4c(c5ccc(SCCC6(C)c7ccccc7-c7c6c6c(c8cc(SC)ccc78)OC(c7ccc(OC)cc7)(c7ccc(OC)cc7)C=C6)cc5c3O2)-c2ccccc2C4(C)C)cc1. The van der Waals surface area contributed by atoms with Crippen molar-refractivity contribution >= 4 is 57.2 Å². The molecule has 2 aliphatic carbocycles. The Morgan fingerprint density at radius 1 is 0.438 bits per heavy atom. The summed E-state index contributed by atoms with van der Waals surface area (Å²) in [6.45, 7) is 7.20. The van der Waals surface area contributed by atoms with Gasteiger partial charge in [-0.05, 0) is 147 Å². The van der Waals surface area contributed by atoms with Gasteiger partial charge in [0, 0.05) is 64.8 Å². The van der Waals surface area contributed by atoms with E-state index in [1.807, 2.05) is 48.2 Å². The average molecular weight is 1080 g/mol. The molecule has 10 aromatic carbocycles. The summed E-state index contributed by atoms with van der Waals surface area (Å²) in [4.78, 5) is 2.38. The van der Waals surface area contributed by atoms with Crippen LogP contribution in [0.15, 0.2) is 210 Å². The van der Waals surface area contributed by atoms with Crippen LogP contribution < -0.4 is 23.7 Å². The lowest BCUT2D eigenvalue weighted by atomic mass is 9.74. The number of ether oxygens (including phenoxy) is 5. The lowest BCUT2D eigenvalue weighted by molar-refractivity contribution is 0.163. The van der Waals surface area contributed by atoms with Gasteiger partial charge < -0.3 is 23.7 Å². The summed E-state index contributed by atoms with van der Waals surface area (Å²) in [5, 5.41) is 4.61. The second kappa shape index (κ2) is 19.0. The van der Waals surface area contributed by atoms with Crippen LogP contribution in [0.4, 0.5) is 0 Å². The van der Waals surface area contributed by atoms with Crippen molar-refractivity contribution < 1.29 is 23.7 Å². The first kappa shape index (κ1) is 50.1. The zero-order valence-corrected chi connectivity index (χ0v) is 47.6. The van der Waals surface area contributed by atoms with Gasteiger partial charge in [-0.3, -0.25) is 0 Å². The van der Waals surface area contributed by atoms with E-state index in [9.17, 15) is 0 Å². The first-order chi connectivity index (χ1) is 39.0. The molecule has 2 atom stereocenters. The van der Waals surface area contributed by atoms with Gasteiger partial charge in [0.05, 0.1) is 21.3 Å². The van der Waals surface area contributed by atoms with Gasteiger partial charge in [-0.2, -0.15) is 0 Å². The Balaban J connectivity index is 0.899. The third-order valence-electron chi connectivity index (χ3n) is 17.7. The molecule has 0 bridgehead atoms. The number of thioether (sulfide) groups is 2. The quantitative estimate of drug-likeness (QED) is 0.113. The van der Waals surface area contributed by atoms with E-state index in [0.717, 1.165) is 85.1 Å². The van der Waals surface area contributed by atoms with Gasteiger partial charge in [0.1, 0.15) is 28.7 Å². The van der Waals surface area contributed by atoms with Crippen molar-refractivity contribution in [1.82, 2.24) is 0 Å². The van der Waals surface area contributed by atoms with E-state index in [2.05, 4.69) is 203 Å². The molecule has 5 nitrogen and oxygen atoms in total. The molecule has 0 saturated carbocycles. The molecular formula is C73H60O5S2. The smallest absolute Gasteiger partial charge is 0.178 e. The second-order valence-electron chi connectivity index (χ2n) is 22.1. The lowest BCUT2D eigenvalue weighted by Gasteiger charge is -2.39. The number of benzene rings is 10. The highest BCUT2D eigenvalue weighted by Gasteiger charge is 2.47. The Hall–Kier alpha value is -8.10. The van der Waals surface area contributed by atoms with Crippen molar-refractivity contribution in [3.63, 3.8) is 0 Å². The Morgan fingerprint density at radius 2 is 0.875 bits per heavy atom. The lowest BCUT2D eigenvalue weighted by Crippen LogP contribution is -2.35. The molecule has 7 heteroatoms. The Kier molecular flexibility index (Phi) is 11.9. The Morgan fingerprint density at radius 3 is 1.40 bits per heavy atom. The van der Waals surface area contributed by atoms with Crippen LogP contribution in [0.25, 0.3) is 56.0 Å². The fourth-order valence-electron chi connectivity index (χ4n) is 13.7. The fraction of sp³-hybridized carbons (Fsp3) is 0.178. The molecule has 0 aromatic heterocycles. The van der Waals surface area contributed by atoms with E-state index in [4.69, 9.17) is 23.7 Å². The molecule has 0 spiro atoms. The number of rotatable bonds is 12. The van der Waals surface area contributed by atoms with Crippen molar-refractivity contribution in [3.8, 4) is 51.0 Å². The number of hydrogen-bond donors (Lipinski definition) is 0. The van der Waals surface area contributed by atoms with E-state index in [0.29, 0.717) is 0 Å². The van der Waals surface area contributed by atoms with Crippen molar-refractivity contribution in [2.24, 2.45) is 0 Å². The number of hydrogen-bond acceptors (Lipinski definition) is 7. The number of fused-ring (bicyclic) bond motifs is 16. The molecule has 80 heavy (non-hydrogen) atoms. The van der Waals surface area contributed by atoms with Crippen LogP contribution in [-0.2, 0) is 22.0 Å². The highest BCUT2D eigenvalue weighted by atomic mass is 32.2. The maximum atomic E-state index is 7.77. The first-order valence-electron chi connectivity index (χ1n) is 27.4. The molecule has 2 heterocycles. The van der Waals surface area contributed by atoms with Crippen molar-refractivity contribution in [1.29, 1.82) is 0 Å². The summed E-state index contributed by atoms with van der Waals surface area (Å²) in [5.41, 5.74) is 14.4. The van der Waals surface area contributed by atoms with Gasteiger partial charge in [-0.15, -0.1) is 23.5 Å². The molecule has 14 rings (SSSR count).